The van der Waals surface area contributed by atoms with E-state index in [9.17, 15) is 0 Å². The van der Waals surface area contributed by atoms with Crippen molar-refractivity contribution >= 4 is 22.6 Å². The number of halogens is 1. The van der Waals surface area contributed by atoms with Gasteiger partial charge in [-0.2, -0.15) is 0 Å². The van der Waals surface area contributed by atoms with Gasteiger partial charge in [-0.1, -0.05) is 6.07 Å². The van der Waals surface area contributed by atoms with E-state index in [1.54, 1.807) is 0 Å². The minimum absolute atomic E-state index is 0.152. The summed E-state index contributed by atoms with van der Waals surface area (Å²) in [5.41, 5.74) is 2.01. The number of rotatable bonds is 4. The number of para-hydroxylation sites is 1. The van der Waals surface area contributed by atoms with Crippen molar-refractivity contribution in [1.82, 2.24) is 9.55 Å². The van der Waals surface area contributed by atoms with Gasteiger partial charge in [-0.25, -0.2) is 4.98 Å². The van der Waals surface area contributed by atoms with E-state index < -0.39 is 0 Å². The van der Waals surface area contributed by atoms with Crippen molar-refractivity contribution in [3.8, 4) is 5.75 Å². The number of hydrogen-bond acceptors (Lipinski definition) is 2. The van der Waals surface area contributed by atoms with Crippen molar-refractivity contribution in [2.24, 2.45) is 7.05 Å². The average Bonchev–Trinajstić information content (AvgIpc) is 2.58. The average molecular weight is 253 g/mol. The van der Waals surface area contributed by atoms with Crippen LogP contribution >= 0.6 is 11.6 Å². The highest BCUT2D eigenvalue weighted by Gasteiger charge is 2.12. The predicted octanol–water partition coefficient (Wildman–Crippen LogP) is 3.14. The molecule has 0 aliphatic heterocycles. The molecule has 2 aromatic rings. The van der Waals surface area contributed by atoms with Crippen molar-refractivity contribution < 1.29 is 4.74 Å². The highest BCUT2D eigenvalue weighted by molar-refractivity contribution is 6.17. The van der Waals surface area contributed by atoms with Crippen LogP contribution in [0.15, 0.2) is 18.2 Å². The van der Waals surface area contributed by atoms with Crippen LogP contribution in [0, 0.1) is 0 Å². The third-order valence-corrected chi connectivity index (χ3v) is 2.84. The number of imidazole rings is 1. The van der Waals surface area contributed by atoms with Gasteiger partial charge in [0.05, 0.1) is 11.6 Å². The molecule has 0 aliphatic rings. The summed E-state index contributed by atoms with van der Waals surface area (Å²) >= 11 is 5.78. The fourth-order valence-electron chi connectivity index (χ4n) is 1.89. The first-order chi connectivity index (χ1) is 8.13. The Bertz CT molecular complexity index is 519. The molecule has 0 atom stereocenters. The zero-order chi connectivity index (χ0) is 12.4. The molecule has 17 heavy (non-hydrogen) atoms. The summed E-state index contributed by atoms with van der Waals surface area (Å²) < 4.78 is 7.84. The van der Waals surface area contributed by atoms with Crippen molar-refractivity contribution in [3.63, 3.8) is 0 Å². The van der Waals surface area contributed by atoms with Crippen LogP contribution in [-0.4, -0.2) is 21.5 Å². The molecular formula is C13H17ClN2O. The molecular weight excluding hydrogens is 236 g/mol. The second-order valence-corrected chi connectivity index (χ2v) is 4.69. The number of ether oxygens (including phenoxy) is 1. The van der Waals surface area contributed by atoms with Crippen LogP contribution in [-0.2, 0) is 13.5 Å². The van der Waals surface area contributed by atoms with Crippen LogP contribution < -0.4 is 4.74 Å². The van der Waals surface area contributed by atoms with Gasteiger partial charge in [-0.15, -0.1) is 11.6 Å². The minimum Gasteiger partial charge on any atom is -0.489 e. The first kappa shape index (κ1) is 12.2. The molecule has 0 saturated heterocycles. The fraction of sp³-hybridized carbons (Fsp3) is 0.462. The molecule has 1 heterocycles. The molecule has 1 aromatic carbocycles. The van der Waals surface area contributed by atoms with Gasteiger partial charge >= 0.3 is 0 Å². The van der Waals surface area contributed by atoms with Gasteiger partial charge in [0, 0.05) is 19.3 Å². The van der Waals surface area contributed by atoms with Crippen molar-refractivity contribution in [3.05, 3.63) is 24.0 Å². The molecule has 3 nitrogen and oxygen atoms in total. The van der Waals surface area contributed by atoms with E-state index in [0.717, 1.165) is 29.0 Å². The lowest BCUT2D eigenvalue weighted by Gasteiger charge is -2.09. The number of aromatic nitrogens is 2. The molecule has 0 unspecified atom stereocenters. The second kappa shape index (κ2) is 4.96. The summed E-state index contributed by atoms with van der Waals surface area (Å²) in [7, 11) is 2.01. The van der Waals surface area contributed by atoms with Gasteiger partial charge in [0.1, 0.15) is 17.1 Å². The molecule has 0 aliphatic carbocycles. The van der Waals surface area contributed by atoms with Crippen LogP contribution in [0.25, 0.3) is 11.0 Å². The topological polar surface area (TPSA) is 27.1 Å². The summed E-state index contributed by atoms with van der Waals surface area (Å²) in [4.78, 5) is 4.61. The molecule has 0 saturated carbocycles. The number of aryl methyl sites for hydroxylation is 2. The summed E-state index contributed by atoms with van der Waals surface area (Å²) in [6.07, 6.45) is 0.924. The van der Waals surface area contributed by atoms with Gasteiger partial charge in [0.15, 0.2) is 0 Å². The summed E-state index contributed by atoms with van der Waals surface area (Å²) in [6, 6.07) is 6.00. The molecule has 0 amide bonds. The Hall–Kier alpha value is -1.22. The first-order valence-corrected chi connectivity index (χ1v) is 6.34. The highest BCUT2D eigenvalue weighted by Crippen LogP contribution is 2.26. The van der Waals surface area contributed by atoms with Crippen LogP contribution in [0.5, 0.6) is 5.75 Å². The maximum absolute atomic E-state index is 5.78. The van der Waals surface area contributed by atoms with Gasteiger partial charge < -0.3 is 9.30 Å². The smallest absolute Gasteiger partial charge is 0.147 e. The number of benzene rings is 1. The van der Waals surface area contributed by atoms with E-state index in [4.69, 9.17) is 16.3 Å². The Labute approximate surface area is 106 Å². The number of nitrogens with zero attached hydrogens (tertiary/aromatic N) is 2. The minimum atomic E-state index is 0.152. The Balaban J connectivity index is 2.52. The van der Waals surface area contributed by atoms with Gasteiger partial charge in [-0.3, -0.25) is 0 Å². The van der Waals surface area contributed by atoms with Gasteiger partial charge in [-0.05, 0) is 26.0 Å². The van der Waals surface area contributed by atoms with Gasteiger partial charge in [0.25, 0.3) is 0 Å². The molecule has 0 radical (unpaired) electrons. The van der Waals surface area contributed by atoms with Crippen LogP contribution in [0.1, 0.15) is 19.7 Å². The monoisotopic (exact) mass is 252 g/mol. The molecule has 92 valence electrons. The zero-order valence-corrected chi connectivity index (χ0v) is 11.2. The quantitative estimate of drug-likeness (QED) is 0.782. The lowest BCUT2D eigenvalue weighted by atomic mass is 10.3. The number of fused-ring (bicyclic) bond motifs is 1. The van der Waals surface area contributed by atoms with Gasteiger partial charge in [0.2, 0.25) is 0 Å². The van der Waals surface area contributed by atoms with E-state index >= 15 is 0 Å². The second-order valence-electron chi connectivity index (χ2n) is 4.32. The van der Waals surface area contributed by atoms with E-state index in [0.29, 0.717) is 5.88 Å². The number of alkyl halides is 1. The fourth-order valence-corrected chi connectivity index (χ4v) is 2.06. The standard InChI is InChI=1S/C13H17ClN2O/c1-9(2)17-11-6-4-5-10-13(11)15-12(7-8-14)16(10)3/h4-6,9H,7-8H2,1-3H3. The van der Waals surface area contributed by atoms with Crippen LogP contribution in [0.2, 0.25) is 0 Å². The van der Waals surface area contributed by atoms with E-state index in [1.165, 1.54) is 0 Å². The van der Waals surface area contributed by atoms with Crippen LogP contribution in [0.3, 0.4) is 0 Å². The van der Waals surface area contributed by atoms with E-state index in [1.807, 2.05) is 39.1 Å². The molecule has 0 spiro atoms. The maximum Gasteiger partial charge on any atom is 0.147 e. The highest BCUT2D eigenvalue weighted by atomic mass is 35.5. The molecule has 0 N–H and O–H groups in total. The summed E-state index contributed by atoms with van der Waals surface area (Å²) in [6.45, 7) is 4.03. The lowest BCUT2D eigenvalue weighted by molar-refractivity contribution is 0.245. The first-order valence-electron chi connectivity index (χ1n) is 5.80. The van der Waals surface area contributed by atoms with E-state index in [2.05, 4.69) is 9.55 Å². The summed E-state index contributed by atoms with van der Waals surface area (Å²) in [5.74, 6) is 2.42. The Morgan fingerprint density at radius 3 is 2.82 bits per heavy atom. The zero-order valence-electron chi connectivity index (χ0n) is 10.4. The largest absolute Gasteiger partial charge is 0.489 e. The van der Waals surface area contributed by atoms with Crippen LogP contribution in [0.4, 0.5) is 0 Å². The normalized spacial score (nSPS) is 11.4. The lowest BCUT2D eigenvalue weighted by Crippen LogP contribution is -2.05. The maximum atomic E-state index is 5.78. The summed E-state index contributed by atoms with van der Waals surface area (Å²) in [5, 5.41) is 0. The molecule has 0 bridgehead atoms. The Kier molecular flexibility index (Phi) is 3.57. The number of hydrogen-bond donors (Lipinski definition) is 0. The van der Waals surface area contributed by atoms with Crippen molar-refractivity contribution in [2.75, 3.05) is 5.88 Å². The molecule has 1 aromatic heterocycles. The van der Waals surface area contributed by atoms with Crippen molar-refractivity contribution in [1.29, 1.82) is 0 Å². The molecule has 0 fully saturated rings. The third-order valence-electron chi connectivity index (χ3n) is 2.65. The third kappa shape index (κ3) is 2.39. The molecule has 4 heteroatoms. The molecule has 2 rings (SSSR count). The van der Waals surface area contributed by atoms with Crippen molar-refractivity contribution in [2.45, 2.75) is 26.4 Å². The SMILES string of the molecule is CC(C)Oc1cccc2c1nc(CCCl)n2C. The van der Waals surface area contributed by atoms with E-state index in [-0.39, 0.29) is 6.10 Å². The Morgan fingerprint density at radius 2 is 2.18 bits per heavy atom. The Morgan fingerprint density at radius 1 is 1.41 bits per heavy atom. The predicted molar refractivity (Wildman–Crippen MR) is 70.9 cm³/mol.